The van der Waals surface area contributed by atoms with Gasteiger partial charge < -0.3 is 10.3 Å². The Bertz CT molecular complexity index is 780. The highest BCUT2D eigenvalue weighted by Crippen LogP contribution is 2.38. The first-order valence-corrected chi connectivity index (χ1v) is 10.3. The van der Waals surface area contributed by atoms with Crippen LogP contribution in [0.25, 0.3) is 11.0 Å². The Morgan fingerprint density at radius 3 is 2.73 bits per heavy atom. The standard InChI is InChI=1S/C21H28N4O/c26-21(19-12-23-20-18(19)6-3-9-22-20)24-15-10-16-7-8-17(11-15)25(16)13-14-4-1-2-5-14/h3,6,9,12,14-17H,1-2,4-5,7-8,10-11,13H2,(H,22,23)(H,24,26). The minimum absolute atomic E-state index is 0.0397. The predicted octanol–water partition coefficient (Wildman–Crippen LogP) is 3.48. The van der Waals surface area contributed by atoms with Gasteiger partial charge >= 0.3 is 0 Å². The van der Waals surface area contributed by atoms with E-state index < -0.39 is 0 Å². The number of nitrogens with zero attached hydrogens (tertiary/aromatic N) is 2. The smallest absolute Gasteiger partial charge is 0.253 e. The third kappa shape index (κ3) is 2.92. The number of amides is 1. The number of nitrogens with one attached hydrogen (secondary N) is 2. The van der Waals surface area contributed by atoms with E-state index in [1.54, 1.807) is 12.4 Å². The second-order valence-corrected chi connectivity index (χ2v) is 8.48. The van der Waals surface area contributed by atoms with Crippen LogP contribution >= 0.6 is 0 Å². The SMILES string of the molecule is O=C(NC1CC2CCC(C1)N2CC1CCCC1)c1c[nH]c2ncccc12. The second kappa shape index (κ2) is 6.69. The molecule has 2 N–H and O–H groups in total. The van der Waals surface area contributed by atoms with Crippen LogP contribution in [0.1, 0.15) is 61.7 Å². The highest BCUT2D eigenvalue weighted by atomic mass is 16.1. The molecule has 5 heteroatoms. The summed E-state index contributed by atoms with van der Waals surface area (Å²) in [4.78, 5) is 23.0. The summed E-state index contributed by atoms with van der Waals surface area (Å²) in [7, 11) is 0. The fourth-order valence-electron chi connectivity index (χ4n) is 5.59. The number of hydrogen-bond acceptors (Lipinski definition) is 3. The van der Waals surface area contributed by atoms with Crippen LogP contribution in [-0.4, -0.2) is 45.4 Å². The summed E-state index contributed by atoms with van der Waals surface area (Å²) in [5.41, 5.74) is 1.50. The zero-order chi connectivity index (χ0) is 17.5. The number of rotatable bonds is 4. The molecule has 2 aromatic rings. The monoisotopic (exact) mass is 352 g/mol. The molecule has 5 nitrogen and oxygen atoms in total. The van der Waals surface area contributed by atoms with Crippen LogP contribution in [0.3, 0.4) is 0 Å². The van der Waals surface area contributed by atoms with Crippen molar-refractivity contribution < 1.29 is 4.79 Å². The van der Waals surface area contributed by atoms with E-state index in [4.69, 9.17) is 0 Å². The molecule has 138 valence electrons. The first-order valence-electron chi connectivity index (χ1n) is 10.3. The molecule has 26 heavy (non-hydrogen) atoms. The van der Waals surface area contributed by atoms with Crippen LogP contribution in [0.4, 0.5) is 0 Å². The number of carbonyl (C=O) groups is 1. The number of aromatic amines is 1. The Hall–Kier alpha value is -1.88. The largest absolute Gasteiger partial charge is 0.349 e. The molecule has 2 bridgehead atoms. The zero-order valence-electron chi connectivity index (χ0n) is 15.3. The Balaban J connectivity index is 1.24. The van der Waals surface area contributed by atoms with Crippen molar-refractivity contribution in [2.24, 2.45) is 5.92 Å². The molecular formula is C21H28N4O. The molecule has 3 fully saturated rings. The summed E-state index contributed by atoms with van der Waals surface area (Å²) in [6.07, 6.45) is 14.1. The molecule has 1 aliphatic carbocycles. The van der Waals surface area contributed by atoms with Crippen molar-refractivity contribution in [2.75, 3.05) is 6.54 Å². The van der Waals surface area contributed by atoms with Crippen LogP contribution in [-0.2, 0) is 0 Å². The van der Waals surface area contributed by atoms with Crippen molar-refractivity contribution in [1.29, 1.82) is 0 Å². The molecule has 2 atom stereocenters. The highest BCUT2D eigenvalue weighted by Gasteiger charge is 2.42. The van der Waals surface area contributed by atoms with E-state index in [0.717, 1.165) is 29.8 Å². The van der Waals surface area contributed by atoms with Gasteiger partial charge in [0.15, 0.2) is 0 Å². The number of aromatic nitrogens is 2. The van der Waals surface area contributed by atoms with Gasteiger partial charge in [0.05, 0.1) is 5.56 Å². The van der Waals surface area contributed by atoms with Gasteiger partial charge in [-0.3, -0.25) is 9.69 Å². The van der Waals surface area contributed by atoms with Crippen molar-refractivity contribution >= 4 is 16.9 Å². The number of piperidine rings is 1. The molecule has 4 heterocycles. The quantitative estimate of drug-likeness (QED) is 0.886. The van der Waals surface area contributed by atoms with Gasteiger partial charge in [-0.15, -0.1) is 0 Å². The van der Waals surface area contributed by atoms with Crippen LogP contribution < -0.4 is 5.32 Å². The number of pyridine rings is 1. The molecule has 0 radical (unpaired) electrons. The first kappa shape index (κ1) is 16.3. The molecular weight excluding hydrogens is 324 g/mol. The minimum Gasteiger partial charge on any atom is -0.349 e. The van der Waals surface area contributed by atoms with E-state index in [2.05, 4.69) is 20.2 Å². The van der Waals surface area contributed by atoms with Gasteiger partial charge in [-0.05, 0) is 56.6 Å². The molecule has 2 aromatic heterocycles. The lowest BCUT2D eigenvalue weighted by Crippen LogP contribution is -2.51. The number of H-pyrrole nitrogens is 1. The van der Waals surface area contributed by atoms with Crippen LogP contribution in [0.2, 0.25) is 0 Å². The Morgan fingerprint density at radius 2 is 1.96 bits per heavy atom. The van der Waals surface area contributed by atoms with E-state index in [-0.39, 0.29) is 5.91 Å². The summed E-state index contributed by atoms with van der Waals surface area (Å²) in [6, 6.07) is 5.49. The predicted molar refractivity (Wildman–Crippen MR) is 102 cm³/mol. The van der Waals surface area contributed by atoms with E-state index >= 15 is 0 Å². The van der Waals surface area contributed by atoms with Gasteiger partial charge in [0.25, 0.3) is 5.91 Å². The van der Waals surface area contributed by atoms with E-state index in [1.165, 1.54) is 45.1 Å². The maximum Gasteiger partial charge on any atom is 0.253 e. The Morgan fingerprint density at radius 1 is 1.19 bits per heavy atom. The average Bonchev–Trinajstić information content (AvgIpc) is 3.35. The topological polar surface area (TPSA) is 61.0 Å². The summed E-state index contributed by atoms with van der Waals surface area (Å²) >= 11 is 0. The summed E-state index contributed by atoms with van der Waals surface area (Å²) in [5.74, 6) is 0.959. The molecule has 2 saturated heterocycles. The van der Waals surface area contributed by atoms with Gasteiger partial charge in [0.1, 0.15) is 5.65 Å². The van der Waals surface area contributed by atoms with Gasteiger partial charge in [-0.25, -0.2) is 4.98 Å². The molecule has 1 saturated carbocycles. The molecule has 2 unspecified atom stereocenters. The molecule has 2 aliphatic heterocycles. The highest BCUT2D eigenvalue weighted by molar-refractivity contribution is 6.05. The van der Waals surface area contributed by atoms with Gasteiger partial charge in [-0.2, -0.15) is 0 Å². The lowest BCUT2D eigenvalue weighted by molar-refractivity contribution is 0.0801. The third-order valence-corrected chi connectivity index (χ3v) is 6.86. The van der Waals surface area contributed by atoms with Crippen molar-refractivity contribution in [1.82, 2.24) is 20.2 Å². The van der Waals surface area contributed by atoms with E-state index in [0.29, 0.717) is 23.7 Å². The molecule has 0 aromatic carbocycles. The Kier molecular flexibility index (Phi) is 4.20. The lowest BCUT2D eigenvalue weighted by Gasteiger charge is -2.40. The lowest BCUT2D eigenvalue weighted by atomic mass is 9.95. The number of hydrogen-bond donors (Lipinski definition) is 2. The van der Waals surface area contributed by atoms with Gasteiger partial charge in [0, 0.05) is 42.5 Å². The van der Waals surface area contributed by atoms with E-state index in [1.807, 2.05) is 12.1 Å². The molecule has 3 aliphatic rings. The van der Waals surface area contributed by atoms with Gasteiger partial charge in [-0.1, -0.05) is 12.8 Å². The van der Waals surface area contributed by atoms with Gasteiger partial charge in [0.2, 0.25) is 0 Å². The molecule has 5 rings (SSSR count). The van der Waals surface area contributed by atoms with E-state index in [9.17, 15) is 4.79 Å². The third-order valence-electron chi connectivity index (χ3n) is 6.86. The maximum absolute atomic E-state index is 12.8. The fraction of sp³-hybridized carbons (Fsp3) is 0.619. The summed E-state index contributed by atoms with van der Waals surface area (Å²) in [5, 5.41) is 4.22. The Labute approximate surface area is 154 Å². The van der Waals surface area contributed by atoms with Crippen molar-refractivity contribution in [3.05, 3.63) is 30.1 Å². The maximum atomic E-state index is 12.8. The van der Waals surface area contributed by atoms with Crippen molar-refractivity contribution in [3.8, 4) is 0 Å². The normalized spacial score (nSPS) is 29.5. The fourth-order valence-corrected chi connectivity index (χ4v) is 5.59. The van der Waals surface area contributed by atoms with Crippen LogP contribution in [0.5, 0.6) is 0 Å². The minimum atomic E-state index is 0.0397. The number of fused-ring (bicyclic) bond motifs is 3. The number of carbonyl (C=O) groups excluding carboxylic acids is 1. The van der Waals surface area contributed by atoms with Crippen LogP contribution in [0.15, 0.2) is 24.5 Å². The average molecular weight is 352 g/mol. The zero-order valence-corrected chi connectivity index (χ0v) is 15.3. The first-order chi connectivity index (χ1) is 12.8. The second-order valence-electron chi connectivity index (χ2n) is 8.48. The molecule has 0 spiro atoms. The summed E-state index contributed by atoms with van der Waals surface area (Å²) in [6.45, 7) is 1.30. The van der Waals surface area contributed by atoms with Crippen molar-refractivity contribution in [2.45, 2.75) is 69.5 Å². The summed E-state index contributed by atoms with van der Waals surface area (Å²) < 4.78 is 0. The van der Waals surface area contributed by atoms with Crippen LogP contribution in [0, 0.1) is 5.92 Å². The molecule has 1 amide bonds. The van der Waals surface area contributed by atoms with Crippen molar-refractivity contribution in [3.63, 3.8) is 0 Å².